The average Bonchev–Trinajstić information content (AvgIpc) is 2.63. The van der Waals surface area contributed by atoms with E-state index in [4.69, 9.17) is 0 Å². The molecule has 0 spiro atoms. The van der Waals surface area contributed by atoms with Crippen LogP contribution in [0.5, 0.6) is 0 Å². The van der Waals surface area contributed by atoms with Crippen LogP contribution in [0.15, 0.2) is 12.7 Å². The Hall–Kier alpha value is -0.900. The van der Waals surface area contributed by atoms with Crippen molar-refractivity contribution in [2.75, 3.05) is 0 Å². The Morgan fingerprint density at radius 2 is 2.21 bits per heavy atom. The van der Waals surface area contributed by atoms with Crippen molar-refractivity contribution in [3.8, 4) is 0 Å². The lowest BCUT2D eigenvalue weighted by molar-refractivity contribution is -0.0463. The van der Waals surface area contributed by atoms with Gasteiger partial charge in [0.2, 0.25) is 0 Å². The quantitative estimate of drug-likeness (QED) is 0.772. The fourth-order valence-electron chi connectivity index (χ4n) is 2.32. The van der Waals surface area contributed by atoms with Crippen LogP contribution >= 0.6 is 0 Å². The van der Waals surface area contributed by atoms with Gasteiger partial charge in [-0.25, -0.2) is 4.98 Å². The maximum absolute atomic E-state index is 10.3. The largest absolute Gasteiger partial charge is 0.390 e. The van der Waals surface area contributed by atoms with E-state index in [1.165, 1.54) is 6.33 Å². The van der Waals surface area contributed by atoms with Gasteiger partial charge in [0, 0.05) is 5.41 Å². The van der Waals surface area contributed by atoms with Gasteiger partial charge in [0.25, 0.3) is 0 Å². The van der Waals surface area contributed by atoms with Crippen molar-refractivity contribution in [1.29, 1.82) is 0 Å². The van der Waals surface area contributed by atoms with Crippen LogP contribution in [0.1, 0.15) is 33.1 Å². The topological polar surface area (TPSA) is 50.9 Å². The molecule has 1 fully saturated rings. The van der Waals surface area contributed by atoms with Crippen molar-refractivity contribution in [2.24, 2.45) is 5.41 Å². The summed E-state index contributed by atoms with van der Waals surface area (Å²) in [5.41, 5.74) is -0.639. The second kappa shape index (κ2) is 3.05. The number of hydrogen-bond donors (Lipinski definition) is 1. The minimum Gasteiger partial charge on any atom is -0.390 e. The predicted molar refractivity (Wildman–Crippen MR) is 52.6 cm³/mol. The van der Waals surface area contributed by atoms with E-state index >= 15 is 0 Å². The zero-order chi connectivity index (χ0) is 10.2. The molecule has 4 nitrogen and oxygen atoms in total. The molecule has 2 unspecified atom stereocenters. The summed E-state index contributed by atoms with van der Waals surface area (Å²) in [6.45, 7) is 4.80. The second-order valence-corrected chi connectivity index (χ2v) is 4.78. The lowest BCUT2D eigenvalue weighted by Crippen LogP contribution is -2.42. The normalized spacial score (nSPS) is 37.6. The Balaban J connectivity index is 2.17. The molecule has 1 aliphatic carbocycles. The Morgan fingerprint density at radius 3 is 2.71 bits per heavy atom. The van der Waals surface area contributed by atoms with Gasteiger partial charge in [-0.05, 0) is 26.2 Å². The van der Waals surface area contributed by atoms with Crippen LogP contribution in [-0.4, -0.2) is 25.5 Å². The van der Waals surface area contributed by atoms with E-state index in [9.17, 15) is 5.11 Å². The molecule has 2 atom stereocenters. The number of rotatable bonds is 2. The number of aliphatic hydroxyl groups is 1. The summed E-state index contributed by atoms with van der Waals surface area (Å²) in [5, 5.41) is 14.3. The van der Waals surface area contributed by atoms with Crippen molar-refractivity contribution >= 4 is 0 Å². The van der Waals surface area contributed by atoms with Gasteiger partial charge in [0.15, 0.2) is 0 Å². The van der Waals surface area contributed by atoms with Gasteiger partial charge in [-0.2, -0.15) is 5.10 Å². The van der Waals surface area contributed by atoms with Gasteiger partial charge >= 0.3 is 0 Å². The van der Waals surface area contributed by atoms with Crippen LogP contribution in [-0.2, 0) is 6.54 Å². The summed E-state index contributed by atoms with van der Waals surface area (Å²) < 4.78 is 1.81. The van der Waals surface area contributed by atoms with Crippen LogP contribution in [0.25, 0.3) is 0 Å². The van der Waals surface area contributed by atoms with E-state index in [0.717, 1.165) is 25.8 Å². The Labute approximate surface area is 84.0 Å². The van der Waals surface area contributed by atoms with E-state index in [-0.39, 0.29) is 5.41 Å². The van der Waals surface area contributed by atoms with Crippen LogP contribution in [0.2, 0.25) is 0 Å². The summed E-state index contributed by atoms with van der Waals surface area (Å²) >= 11 is 0. The molecule has 78 valence electrons. The first-order valence-corrected chi connectivity index (χ1v) is 5.08. The first kappa shape index (κ1) is 9.65. The first-order valence-electron chi connectivity index (χ1n) is 5.08. The number of nitrogens with zero attached hydrogens (tertiary/aromatic N) is 3. The first-order chi connectivity index (χ1) is 6.54. The van der Waals surface area contributed by atoms with Crippen LogP contribution in [0.4, 0.5) is 0 Å². The highest BCUT2D eigenvalue weighted by Crippen LogP contribution is 2.46. The third-order valence-corrected chi connectivity index (χ3v) is 3.67. The molecule has 2 rings (SSSR count). The molecule has 1 N–H and O–H groups in total. The van der Waals surface area contributed by atoms with Gasteiger partial charge in [0.1, 0.15) is 12.7 Å². The van der Waals surface area contributed by atoms with Gasteiger partial charge in [-0.3, -0.25) is 4.68 Å². The molecular formula is C10H17N3O. The molecule has 0 saturated heterocycles. The molecular weight excluding hydrogens is 178 g/mol. The zero-order valence-corrected chi connectivity index (χ0v) is 8.77. The third-order valence-electron chi connectivity index (χ3n) is 3.67. The standard InChI is InChI=1S/C10H17N3O/c1-9(4-3-5-10(9,2)14)6-13-8-11-7-12-13/h7-8,14H,3-6H2,1-2H3. The Kier molecular flexibility index (Phi) is 2.10. The molecule has 0 bridgehead atoms. The van der Waals surface area contributed by atoms with E-state index in [1.54, 1.807) is 11.0 Å². The molecule has 1 aliphatic rings. The van der Waals surface area contributed by atoms with Crippen molar-refractivity contribution in [1.82, 2.24) is 14.8 Å². The van der Waals surface area contributed by atoms with Crippen LogP contribution in [0, 0.1) is 5.41 Å². The van der Waals surface area contributed by atoms with Crippen molar-refractivity contribution in [3.05, 3.63) is 12.7 Å². The van der Waals surface area contributed by atoms with Crippen molar-refractivity contribution < 1.29 is 5.11 Å². The molecule has 1 aromatic heterocycles. The maximum Gasteiger partial charge on any atom is 0.137 e. The zero-order valence-electron chi connectivity index (χ0n) is 8.77. The third kappa shape index (κ3) is 1.43. The van der Waals surface area contributed by atoms with Crippen LogP contribution in [0.3, 0.4) is 0 Å². The molecule has 1 saturated carbocycles. The van der Waals surface area contributed by atoms with Crippen molar-refractivity contribution in [2.45, 2.75) is 45.3 Å². The van der Waals surface area contributed by atoms with E-state index in [2.05, 4.69) is 17.0 Å². The van der Waals surface area contributed by atoms with E-state index < -0.39 is 5.60 Å². The molecule has 1 heterocycles. The van der Waals surface area contributed by atoms with Crippen molar-refractivity contribution in [3.63, 3.8) is 0 Å². The van der Waals surface area contributed by atoms with Gasteiger partial charge < -0.3 is 5.11 Å². The summed E-state index contributed by atoms with van der Waals surface area (Å²) in [7, 11) is 0. The monoisotopic (exact) mass is 195 g/mol. The molecule has 0 radical (unpaired) electrons. The van der Waals surface area contributed by atoms with Gasteiger partial charge in [-0.15, -0.1) is 0 Å². The fourth-order valence-corrected chi connectivity index (χ4v) is 2.32. The highest BCUT2D eigenvalue weighted by molar-refractivity contribution is 4.97. The van der Waals surface area contributed by atoms with E-state index in [1.807, 2.05) is 6.92 Å². The molecule has 1 aromatic rings. The van der Waals surface area contributed by atoms with E-state index in [0.29, 0.717) is 0 Å². The summed E-state index contributed by atoms with van der Waals surface area (Å²) in [6, 6.07) is 0. The highest BCUT2D eigenvalue weighted by Gasteiger charge is 2.47. The smallest absolute Gasteiger partial charge is 0.137 e. The average molecular weight is 195 g/mol. The minimum absolute atomic E-state index is 0.0688. The molecule has 4 heteroatoms. The Bertz CT molecular complexity index is 307. The SMILES string of the molecule is CC1(O)CCCC1(C)Cn1cncn1. The lowest BCUT2D eigenvalue weighted by Gasteiger charge is -2.36. The van der Waals surface area contributed by atoms with Gasteiger partial charge in [-0.1, -0.05) is 6.92 Å². The second-order valence-electron chi connectivity index (χ2n) is 4.78. The molecule has 0 aromatic carbocycles. The minimum atomic E-state index is -0.570. The molecule has 0 amide bonds. The maximum atomic E-state index is 10.3. The highest BCUT2D eigenvalue weighted by atomic mass is 16.3. The molecule has 0 aliphatic heterocycles. The van der Waals surface area contributed by atoms with Crippen LogP contribution < -0.4 is 0 Å². The molecule has 14 heavy (non-hydrogen) atoms. The summed E-state index contributed by atoms with van der Waals surface area (Å²) in [6.07, 6.45) is 6.28. The number of hydrogen-bond acceptors (Lipinski definition) is 3. The summed E-state index contributed by atoms with van der Waals surface area (Å²) in [4.78, 5) is 3.91. The summed E-state index contributed by atoms with van der Waals surface area (Å²) in [5.74, 6) is 0. The lowest BCUT2D eigenvalue weighted by atomic mass is 9.77. The van der Waals surface area contributed by atoms with Gasteiger partial charge in [0.05, 0.1) is 12.1 Å². The Morgan fingerprint density at radius 1 is 1.43 bits per heavy atom. The fraction of sp³-hybridized carbons (Fsp3) is 0.800. The number of aromatic nitrogens is 3. The predicted octanol–water partition coefficient (Wildman–Crippen LogP) is 1.22.